The largest absolute Gasteiger partial charge is 0.370 e. The molecule has 2 fully saturated rings. The van der Waals surface area contributed by atoms with E-state index in [1.807, 2.05) is 36.5 Å². The molecule has 0 spiro atoms. The standard InChI is InChI=1S/C30H35N7O/c1-21(38)34-29-17-23(12-14-32-29)24-13-15-33-30(18-24)36-28-7-3-2-6-27(28)35-25-5-4-16-37(20-25)26-10-8-22(19-31)9-11-26/h8-15,17-18,25,27-28,35H,2-7,16,20H2,1H3,(H,33,36)(H,32,34,38)/t25-,27+,28+/m0/s1. The van der Waals surface area contributed by atoms with Gasteiger partial charge in [-0.25, -0.2) is 9.97 Å². The van der Waals surface area contributed by atoms with Crippen LogP contribution in [0.5, 0.6) is 0 Å². The number of aromatic nitrogens is 2. The fourth-order valence-corrected chi connectivity index (χ4v) is 5.64. The molecule has 1 saturated heterocycles. The zero-order chi connectivity index (χ0) is 26.3. The van der Waals surface area contributed by atoms with E-state index in [-0.39, 0.29) is 5.91 Å². The number of pyridine rings is 2. The van der Waals surface area contributed by atoms with Crippen LogP contribution in [0.15, 0.2) is 60.9 Å². The summed E-state index contributed by atoms with van der Waals surface area (Å²) in [5.74, 6) is 1.27. The van der Waals surface area contributed by atoms with Crippen LogP contribution in [0.25, 0.3) is 11.1 Å². The molecule has 2 aromatic heterocycles. The number of nitrogens with zero attached hydrogens (tertiary/aromatic N) is 4. The Kier molecular flexibility index (Phi) is 8.15. The van der Waals surface area contributed by atoms with E-state index in [9.17, 15) is 4.79 Å². The fraction of sp³-hybridized carbons (Fsp3) is 0.400. The first kappa shape index (κ1) is 25.7. The lowest BCUT2D eigenvalue weighted by Crippen LogP contribution is -2.54. The molecule has 8 heteroatoms. The first-order valence-electron chi connectivity index (χ1n) is 13.5. The molecule has 8 nitrogen and oxygen atoms in total. The number of hydrogen-bond donors (Lipinski definition) is 3. The summed E-state index contributed by atoms with van der Waals surface area (Å²) in [5.41, 5.74) is 3.90. The molecule has 1 aromatic carbocycles. The summed E-state index contributed by atoms with van der Waals surface area (Å²) in [6.45, 7) is 3.50. The number of rotatable bonds is 7. The third kappa shape index (κ3) is 6.48. The second-order valence-corrected chi connectivity index (χ2v) is 10.3. The summed E-state index contributed by atoms with van der Waals surface area (Å²) in [6.07, 6.45) is 10.6. The van der Waals surface area contributed by atoms with Crippen LogP contribution in [0.2, 0.25) is 0 Å². The quantitative estimate of drug-likeness (QED) is 0.414. The monoisotopic (exact) mass is 509 g/mol. The molecule has 196 valence electrons. The van der Waals surface area contributed by atoms with Crippen molar-refractivity contribution in [3.05, 3.63) is 66.5 Å². The normalized spacial score (nSPS) is 21.4. The van der Waals surface area contributed by atoms with E-state index in [0.29, 0.717) is 29.5 Å². The van der Waals surface area contributed by atoms with E-state index in [0.717, 1.165) is 49.3 Å². The predicted octanol–water partition coefficient (Wildman–Crippen LogP) is 4.96. The van der Waals surface area contributed by atoms with E-state index in [2.05, 4.69) is 55.1 Å². The molecule has 3 aromatic rings. The number of nitriles is 1. The van der Waals surface area contributed by atoms with Crippen molar-refractivity contribution >= 4 is 23.2 Å². The molecule has 1 aliphatic carbocycles. The van der Waals surface area contributed by atoms with Crippen LogP contribution in [0.3, 0.4) is 0 Å². The first-order valence-corrected chi connectivity index (χ1v) is 13.5. The van der Waals surface area contributed by atoms with Gasteiger partial charge in [-0.3, -0.25) is 4.79 Å². The van der Waals surface area contributed by atoms with Gasteiger partial charge in [0.15, 0.2) is 0 Å². The lowest BCUT2D eigenvalue weighted by molar-refractivity contribution is -0.114. The Morgan fingerprint density at radius 3 is 2.32 bits per heavy atom. The van der Waals surface area contributed by atoms with Crippen LogP contribution >= 0.6 is 0 Å². The van der Waals surface area contributed by atoms with Gasteiger partial charge in [0, 0.05) is 56.2 Å². The molecule has 1 aliphatic heterocycles. The third-order valence-corrected chi connectivity index (χ3v) is 7.49. The number of carbonyl (C=O) groups excluding carboxylic acids is 1. The van der Waals surface area contributed by atoms with E-state index in [1.54, 1.807) is 6.20 Å². The van der Waals surface area contributed by atoms with Crippen molar-refractivity contribution in [3.63, 3.8) is 0 Å². The Morgan fingerprint density at radius 1 is 0.921 bits per heavy atom. The Hall–Kier alpha value is -3.96. The maximum atomic E-state index is 11.4. The second kappa shape index (κ2) is 12.1. The van der Waals surface area contributed by atoms with Crippen molar-refractivity contribution in [2.45, 2.75) is 63.6 Å². The summed E-state index contributed by atoms with van der Waals surface area (Å²) >= 11 is 0. The van der Waals surface area contributed by atoms with Crippen molar-refractivity contribution in [2.24, 2.45) is 0 Å². The minimum atomic E-state index is -0.138. The highest BCUT2D eigenvalue weighted by Gasteiger charge is 2.29. The zero-order valence-electron chi connectivity index (χ0n) is 21.9. The molecule has 1 saturated carbocycles. The minimum Gasteiger partial charge on any atom is -0.370 e. The Labute approximate surface area is 224 Å². The average molecular weight is 510 g/mol. The van der Waals surface area contributed by atoms with Gasteiger partial charge in [0.1, 0.15) is 11.6 Å². The molecule has 3 heterocycles. The Balaban J connectivity index is 1.24. The molecule has 3 atom stereocenters. The summed E-state index contributed by atoms with van der Waals surface area (Å²) in [7, 11) is 0. The molecular weight excluding hydrogens is 474 g/mol. The molecule has 0 bridgehead atoms. The Bertz CT molecular complexity index is 1290. The van der Waals surface area contributed by atoms with Gasteiger partial charge in [0.05, 0.1) is 11.6 Å². The highest BCUT2D eigenvalue weighted by atomic mass is 16.1. The smallest absolute Gasteiger partial charge is 0.222 e. The van der Waals surface area contributed by atoms with Gasteiger partial charge in [0.2, 0.25) is 5.91 Å². The van der Waals surface area contributed by atoms with Crippen LogP contribution < -0.4 is 20.9 Å². The molecule has 0 unspecified atom stereocenters. The summed E-state index contributed by atoms with van der Waals surface area (Å²) in [6, 6.07) is 19.1. The maximum absolute atomic E-state index is 11.4. The van der Waals surface area contributed by atoms with Crippen molar-refractivity contribution in [1.82, 2.24) is 15.3 Å². The average Bonchev–Trinajstić information content (AvgIpc) is 2.94. The highest BCUT2D eigenvalue weighted by Crippen LogP contribution is 2.27. The maximum Gasteiger partial charge on any atom is 0.222 e. The minimum absolute atomic E-state index is 0.138. The summed E-state index contributed by atoms with van der Waals surface area (Å²) in [5, 5.41) is 19.6. The van der Waals surface area contributed by atoms with E-state index >= 15 is 0 Å². The predicted molar refractivity (Wildman–Crippen MR) is 151 cm³/mol. The number of piperidine rings is 1. The van der Waals surface area contributed by atoms with Gasteiger partial charge in [-0.05, 0) is 85.3 Å². The molecular formula is C30H35N7O. The second-order valence-electron chi connectivity index (χ2n) is 10.3. The molecule has 1 amide bonds. The first-order chi connectivity index (χ1) is 18.6. The SMILES string of the molecule is CC(=O)Nc1cc(-c2ccnc(N[C@@H]3CCCC[C@H]3N[C@H]3CCCN(c4ccc(C#N)cc4)C3)c2)ccn1. The van der Waals surface area contributed by atoms with Gasteiger partial charge in [-0.2, -0.15) is 5.26 Å². The van der Waals surface area contributed by atoms with Crippen LogP contribution in [0.4, 0.5) is 17.3 Å². The third-order valence-electron chi connectivity index (χ3n) is 7.49. The lowest BCUT2D eigenvalue weighted by atomic mass is 9.89. The molecule has 38 heavy (non-hydrogen) atoms. The van der Waals surface area contributed by atoms with E-state index < -0.39 is 0 Å². The van der Waals surface area contributed by atoms with Crippen molar-refractivity contribution in [2.75, 3.05) is 28.6 Å². The molecule has 0 radical (unpaired) electrons. The van der Waals surface area contributed by atoms with Crippen LogP contribution in [-0.2, 0) is 4.79 Å². The lowest BCUT2D eigenvalue weighted by Gasteiger charge is -2.40. The van der Waals surface area contributed by atoms with Gasteiger partial charge in [-0.1, -0.05) is 12.8 Å². The van der Waals surface area contributed by atoms with Gasteiger partial charge in [0.25, 0.3) is 0 Å². The van der Waals surface area contributed by atoms with Gasteiger partial charge >= 0.3 is 0 Å². The van der Waals surface area contributed by atoms with Crippen molar-refractivity contribution in [1.29, 1.82) is 5.26 Å². The van der Waals surface area contributed by atoms with Crippen LogP contribution in [0.1, 0.15) is 51.0 Å². The Morgan fingerprint density at radius 2 is 1.61 bits per heavy atom. The van der Waals surface area contributed by atoms with Crippen molar-refractivity contribution < 1.29 is 4.79 Å². The van der Waals surface area contributed by atoms with Gasteiger partial charge in [-0.15, -0.1) is 0 Å². The topological polar surface area (TPSA) is 106 Å². The zero-order valence-corrected chi connectivity index (χ0v) is 21.9. The number of anilines is 3. The molecule has 3 N–H and O–H groups in total. The van der Waals surface area contributed by atoms with Crippen LogP contribution in [-0.4, -0.2) is 47.1 Å². The highest BCUT2D eigenvalue weighted by molar-refractivity contribution is 5.88. The number of carbonyl (C=O) groups is 1. The number of amides is 1. The van der Waals surface area contributed by atoms with E-state index in [1.165, 1.54) is 31.9 Å². The molecule has 2 aliphatic rings. The fourth-order valence-electron chi connectivity index (χ4n) is 5.64. The summed E-state index contributed by atoms with van der Waals surface area (Å²) in [4.78, 5) is 22.7. The van der Waals surface area contributed by atoms with Crippen LogP contribution in [0, 0.1) is 11.3 Å². The molecule has 5 rings (SSSR count). The van der Waals surface area contributed by atoms with Crippen molar-refractivity contribution in [3.8, 4) is 17.2 Å². The number of nitrogens with one attached hydrogen (secondary N) is 3. The van der Waals surface area contributed by atoms with Gasteiger partial charge < -0.3 is 20.9 Å². The number of hydrogen-bond acceptors (Lipinski definition) is 7. The summed E-state index contributed by atoms with van der Waals surface area (Å²) < 4.78 is 0. The van der Waals surface area contributed by atoms with E-state index in [4.69, 9.17) is 5.26 Å². The number of benzene rings is 1.